The summed E-state index contributed by atoms with van der Waals surface area (Å²) in [6.45, 7) is 6.48. The van der Waals surface area contributed by atoms with Crippen LogP contribution in [0.2, 0.25) is 0 Å². The van der Waals surface area contributed by atoms with Gasteiger partial charge in [-0.1, -0.05) is 0 Å². The number of aromatic nitrogens is 2. The topological polar surface area (TPSA) is 70.2 Å². The molecule has 6 nitrogen and oxygen atoms in total. The number of rotatable bonds is 3. The molecule has 0 bridgehead atoms. The minimum Gasteiger partial charge on any atom is -0.356 e. The molecule has 3 heterocycles. The molecule has 2 saturated heterocycles. The van der Waals surface area contributed by atoms with Crippen LogP contribution in [-0.2, 0) is 4.79 Å². The normalized spacial score (nSPS) is 22.8. The van der Waals surface area contributed by atoms with Crippen LogP contribution in [0.3, 0.4) is 0 Å². The average molecular weight is 303 g/mol. The van der Waals surface area contributed by atoms with Gasteiger partial charge in [0.1, 0.15) is 11.6 Å². The van der Waals surface area contributed by atoms with Gasteiger partial charge in [-0.15, -0.1) is 0 Å². The Balaban J connectivity index is 1.68. The lowest BCUT2D eigenvalue weighted by Gasteiger charge is -2.33. The maximum atomic E-state index is 11.1. The smallest absolute Gasteiger partial charge is 0.217 e. The second kappa shape index (κ2) is 6.60. The van der Waals surface area contributed by atoms with Gasteiger partial charge in [0, 0.05) is 38.2 Å². The molecular formula is C16H25N5O. The number of hydrogen-bond acceptors (Lipinski definition) is 5. The van der Waals surface area contributed by atoms with Crippen molar-refractivity contribution in [1.29, 1.82) is 0 Å². The fourth-order valence-electron chi connectivity index (χ4n) is 3.39. The van der Waals surface area contributed by atoms with Gasteiger partial charge in [0.2, 0.25) is 5.91 Å². The fraction of sp³-hybridized carbons (Fsp3) is 0.688. The standard InChI is InChI=1S/C16H25N5O/c1-11-18-15(14-4-3-7-17-14)10-16(19-11)21-8-5-13(6-9-21)20-12(2)22/h10,13-14,17H,3-9H2,1-2H3,(H,20,22). The molecule has 2 N–H and O–H groups in total. The summed E-state index contributed by atoms with van der Waals surface area (Å²) >= 11 is 0. The number of nitrogens with zero attached hydrogens (tertiary/aromatic N) is 3. The molecule has 1 amide bonds. The highest BCUT2D eigenvalue weighted by Gasteiger charge is 2.23. The third-order valence-electron chi connectivity index (χ3n) is 4.49. The van der Waals surface area contributed by atoms with E-state index < -0.39 is 0 Å². The van der Waals surface area contributed by atoms with Crippen molar-refractivity contribution in [3.05, 3.63) is 17.6 Å². The molecule has 2 fully saturated rings. The first-order valence-corrected chi connectivity index (χ1v) is 8.23. The molecule has 1 unspecified atom stereocenters. The first-order valence-electron chi connectivity index (χ1n) is 8.23. The maximum absolute atomic E-state index is 11.1. The number of nitrogens with one attached hydrogen (secondary N) is 2. The largest absolute Gasteiger partial charge is 0.356 e. The van der Waals surface area contributed by atoms with Crippen molar-refractivity contribution in [2.24, 2.45) is 0 Å². The quantitative estimate of drug-likeness (QED) is 0.881. The van der Waals surface area contributed by atoms with Crippen molar-refractivity contribution in [3.8, 4) is 0 Å². The Kier molecular flexibility index (Phi) is 4.57. The molecule has 0 aromatic carbocycles. The Morgan fingerprint density at radius 2 is 2.09 bits per heavy atom. The highest BCUT2D eigenvalue weighted by Crippen LogP contribution is 2.25. The minimum atomic E-state index is 0.0610. The second-order valence-corrected chi connectivity index (χ2v) is 6.31. The highest BCUT2D eigenvalue weighted by atomic mass is 16.1. The van der Waals surface area contributed by atoms with E-state index in [1.165, 1.54) is 6.42 Å². The summed E-state index contributed by atoms with van der Waals surface area (Å²) in [4.78, 5) is 22.7. The molecule has 0 saturated carbocycles. The Morgan fingerprint density at radius 3 is 2.73 bits per heavy atom. The molecule has 1 atom stereocenters. The van der Waals surface area contributed by atoms with Crippen molar-refractivity contribution in [2.75, 3.05) is 24.5 Å². The van der Waals surface area contributed by atoms with Crippen LogP contribution < -0.4 is 15.5 Å². The van der Waals surface area contributed by atoms with Gasteiger partial charge in [0.25, 0.3) is 0 Å². The summed E-state index contributed by atoms with van der Waals surface area (Å²) in [6.07, 6.45) is 4.31. The van der Waals surface area contributed by atoms with Crippen molar-refractivity contribution < 1.29 is 4.79 Å². The number of carbonyl (C=O) groups excluding carboxylic acids is 1. The molecule has 0 radical (unpaired) electrons. The predicted molar refractivity (Wildman–Crippen MR) is 85.8 cm³/mol. The van der Waals surface area contributed by atoms with E-state index in [0.717, 1.165) is 56.2 Å². The monoisotopic (exact) mass is 303 g/mol. The van der Waals surface area contributed by atoms with E-state index in [0.29, 0.717) is 12.1 Å². The Labute approximate surface area is 131 Å². The third-order valence-corrected chi connectivity index (χ3v) is 4.49. The molecule has 0 spiro atoms. The summed E-state index contributed by atoms with van der Waals surface area (Å²) in [5.74, 6) is 1.92. The molecular weight excluding hydrogens is 278 g/mol. The number of carbonyl (C=O) groups is 1. The van der Waals surface area contributed by atoms with Crippen LogP contribution in [0, 0.1) is 6.92 Å². The van der Waals surface area contributed by atoms with Gasteiger partial charge in [0.15, 0.2) is 0 Å². The Hall–Kier alpha value is -1.69. The average Bonchev–Trinajstić information content (AvgIpc) is 3.01. The molecule has 22 heavy (non-hydrogen) atoms. The van der Waals surface area contributed by atoms with Gasteiger partial charge in [-0.25, -0.2) is 9.97 Å². The zero-order valence-corrected chi connectivity index (χ0v) is 13.4. The lowest BCUT2D eigenvalue weighted by Crippen LogP contribution is -2.44. The molecule has 1 aromatic rings. The van der Waals surface area contributed by atoms with Crippen LogP contribution in [0.25, 0.3) is 0 Å². The van der Waals surface area contributed by atoms with E-state index in [9.17, 15) is 4.79 Å². The molecule has 6 heteroatoms. The molecule has 1 aromatic heterocycles. The second-order valence-electron chi connectivity index (χ2n) is 6.31. The summed E-state index contributed by atoms with van der Waals surface area (Å²) < 4.78 is 0. The van der Waals surface area contributed by atoms with E-state index in [2.05, 4.69) is 31.6 Å². The Bertz CT molecular complexity index is 533. The molecule has 3 rings (SSSR count). The summed E-state index contributed by atoms with van der Waals surface area (Å²) in [5, 5.41) is 6.52. The lowest BCUT2D eigenvalue weighted by atomic mass is 10.0. The van der Waals surface area contributed by atoms with Crippen LogP contribution in [0.5, 0.6) is 0 Å². The van der Waals surface area contributed by atoms with Crippen LogP contribution >= 0.6 is 0 Å². The third kappa shape index (κ3) is 3.55. The van der Waals surface area contributed by atoms with Gasteiger partial charge >= 0.3 is 0 Å². The highest BCUT2D eigenvalue weighted by molar-refractivity contribution is 5.73. The zero-order valence-electron chi connectivity index (χ0n) is 13.4. The van der Waals surface area contributed by atoms with Gasteiger partial charge in [0.05, 0.1) is 5.69 Å². The summed E-state index contributed by atoms with van der Waals surface area (Å²) in [7, 11) is 0. The van der Waals surface area contributed by atoms with E-state index in [1.54, 1.807) is 6.92 Å². The van der Waals surface area contributed by atoms with Crippen molar-refractivity contribution in [3.63, 3.8) is 0 Å². The minimum absolute atomic E-state index is 0.0610. The van der Waals surface area contributed by atoms with E-state index in [-0.39, 0.29) is 5.91 Å². The van der Waals surface area contributed by atoms with Gasteiger partial charge in [-0.05, 0) is 39.2 Å². The number of anilines is 1. The van der Waals surface area contributed by atoms with Crippen LogP contribution in [0.15, 0.2) is 6.07 Å². The van der Waals surface area contributed by atoms with E-state index in [1.807, 2.05) is 6.92 Å². The number of hydrogen-bond donors (Lipinski definition) is 2. The van der Waals surface area contributed by atoms with Crippen LogP contribution in [-0.4, -0.2) is 41.6 Å². The zero-order chi connectivity index (χ0) is 15.5. The predicted octanol–water partition coefficient (Wildman–Crippen LogP) is 1.31. The van der Waals surface area contributed by atoms with Crippen LogP contribution in [0.1, 0.15) is 50.2 Å². The maximum Gasteiger partial charge on any atom is 0.217 e. The Morgan fingerprint density at radius 1 is 1.32 bits per heavy atom. The molecule has 2 aliphatic rings. The SMILES string of the molecule is CC(=O)NC1CCN(c2cc(C3CCCN3)nc(C)n2)CC1. The van der Waals surface area contributed by atoms with Crippen molar-refractivity contribution in [2.45, 2.75) is 51.6 Å². The molecule has 0 aliphatic carbocycles. The van der Waals surface area contributed by atoms with Gasteiger partial charge in [-0.2, -0.15) is 0 Å². The molecule has 120 valence electrons. The first kappa shape index (κ1) is 15.2. The van der Waals surface area contributed by atoms with Crippen molar-refractivity contribution >= 4 is 11.7 Å². The van der Waals surface area contributed by atoms with Gasteiger partial charge < -0.3 is 15.5 Å². The van der Waals surface area contributed by atoms with Crippen molar-refractivity contribution in [1.82, 2.24) is 20.6 Å². The van der Waals surface area contributed by atoms with E-state index >= 15 is 0 Å². The van der Waals surface area contributed by atoms with Gasteiger partial charge in [-0.3, -0.25) is 4.79 Å². The first-order chi connectivity index (χ1) is 10.6. The van der Waals surface area contributed by atoms with Crippen LogP contribution in [0.4, 0.5) is 5.82 Å². The summed E-state index contributed by atoms with van der Waals surface area (Å²) in [6, 6.07) is 2.80. The summed E-state index contributed by atoms with van der Waals surface area (Å²) in [5.41, 5.74) is 1.11. The molecule has 2 aliphatic heterocycles. The number of piperidine rings is 1. The fourth-order valence-corrected chi connectivity index (χ4v) is 3.39. The van der Waals surface area contributed by atoms with E-state index in [4.69, 9.17) is 0 Å². The number of aryl methyl sites for hydroxylation is 1. The lowest BCUT2D eigenvalue weighted by molar-refractivity contribution is -0.119. The number of amides is 1.